The van der Waals surface area contributed by atoms with Crippen molar-refractivity contribution in [3.05, 3.63) is 18.2 Å². The summed E-state index contributed by atoms with van der Waals surface area (Å²) in [5, 5.41) is 2.94. The molecule has 1 aromatic carbocycles. The summed E-state index contributed by atoms with van der Waals surface area (Å²) in [5.41, 5.74) is 0.0279. The van der Waals surface area contributed by atoms with Crippen LogP contribution in [0.5, 0.6) is 11.5 Å². The van der Waals surface area contributed by atoms with Crippen molar-refractivity contribution in [3.63, 3.8) is 0 Å². The van der Waals surface area contributed by atoms with E-state index in [4.69, 9.17) is 4.74 Å². The predicted molar refractivity (Wildman–Crippen MR) is 71.6 cm³/mol. The van der Waals surface area contributed by atoms with Crippen LogP contribution in [0.25, 0.3) is 0 Å². The van der Waals surface area contributed by atoms with Crippen LogP contribution < -0.4 is 14.8 Å². The summed E-state index contributed by atoms with van der Waals surface area (Å²) in [4.78, 5) is 11.5. The van der Waals surface area contributed by atoms with Crippen LogP contribution in [0, 0.1) is 0 Å². The number of anilines is 1. The second-order valence-corrected chi connectivity index (χ2v) is 5.59. The number of rotatable bonds is 4. The van der Waals surface area contributed by atoms with Gasteiger partial charge in [-0.1, -0.05) is 0 Å². The molecule has 0 amide bonds. The Morgan fingerprint density at radius 1 is 1.29 bits per heavy atom. The number of carbonyl (C=O) groups is 1. The summed E-state index contributed by atoms with van der Waals surface area (Å²) < 4.78 is 39.5. The summed E-state index contributed by atoms with van der Waals surface area (Å²) in [7, 11) is 0. The fourth-order valence-corrected chi connectivity index (χ4v) is 1.76. The Bertz CT molecular complexity index is 540. The van der Waals surface area contributed by atoms with Gasteiger partial charge in [0.1, 0.15) is 5.60 Å². The topological polar surface area (TPSA) is 56.8 Å². The molecule has 0 fully saturated rings. The molecule has 0 aliphatic carbocycles. The van der Waals surface area contributed by atoms with E-state index in [1.165, 1.54) is 12.1 Å². The number of hydrogen-bond acceptors (Lipinski definition) is 5. The molecule has 1 heterocycles. The molecule has 1 aliphatic heterocycles. The van der Waals surface area contributed by atoms with Gasteiger partial charge in [-0.3, -0.25) is 4.79 Å². The van der Waals surface area contributed by atoms with Crippen molar-refractivity contribution in [2.75, 3.05) is 11.9 Å². The molecule has 21 heavy (non-hydrogen) atoms. The first-order valence-corrected chi connectivity index (χ1v) is 6.50. The van der Waals surface area contributed by atoms with Gasteiger partial charge in [-0.15, -0.1) is 8.78 Å². The van der Waals surface area contributed by atoms with E-state index >= 15 is 0 Å². The van der Waals surface area contributed by atoms with Crippen LogP contribution in [0.3, 0.4) is 0 Å². The second-order valence-electron chi connectivity index (χ2n) is 5.59. The first-order valence-electron chi connectivity index (χ1n) is 6.50. The highest BCUT2D eigenvalue weighted by Crippen LogP contribution is 2.42. The fourth-order valence-electron chi connectivity index (χ4n) is 1.76. The zero-order valence-electron chi connectivity index (χ0n) is 12.0. The molecule has 1 N–H and O–H groups in total. The molecule has 0 saturated carbocycles. The van der Waals surface area contributed by atoms with E-state index in [0.29, 0.717) is 12.2 Å². The molecule has 1 aromatic rings. The standard InChI is InChI=1S/C14H17F2NO4/c1-13(2,3)21-12(18)6-7-17-9-4-5-10-11(8-9)20-14(15,16)19-10/h4-5,8,17H,6-7H2,1-3H3. The lowest BCUT2D eigenvalue weighted by molar-refractivity contribution is -0.286. The Morgan fingerprint density at radius 2 is 1.95 bits per heavy atom. The molecule has 0 bridgehead atoms. The molecule has 0 radical (unpaired) electrons. The third kappa shape index (κ3) is 4.47. The van der Waals surface area contributed by atoms with Crippen LogP contribution in [0.1, 0.15) is 27.2 Å². The largest absolute Gasteiger partial charge is 0.586 e. The van der Waals surface area contributed by atoms with Crippen LogP contribution in [0.4, 0.5) is 14.5 Å². The average Bonchev–Trinajstić information content (AvgIpc) is 2.59. The summed E-state index contributed by atoms with van der Waals surface area (Å²) >= 11 is 0. The Morgan fingerprint density at radius 3 is 2.62 bits per heavy atom. The minimum absolute atomic E-state index is 0.0160. The van der Waals surface area contributed by atoms with Gasteiger partial charge >= 0.3 is 12.3 Å². The van der Waals surface area contributed by atoms with Crippen molar-refractivity contribution < 1.29 is 27.8 Å². The molecule has 1 aliphatic rings. The zero-order valence-corrected chi connectivity index (χ0v) is 12.0. The van der Waals surface area contributed by atoms with Gasteiger partial charge in [0.05, 0.1) is 6.42 Å². The highest BCUT2D eigenvalue weighted by molar-refractivity contribution is 5.70. The quantitative estimate of drug-likeness (QED) is 0.866. The molecule has 5 nitrogen and oxygen atoms in total. The van der Waals surface area contributed by atoms with Crippen LogP contribution in [-0.4, -0.2) is 24.4 Å². The third-order valence-electron chi connectivity index (χ3n) is 2.48. The molecule has 0 saturated heterocycles. The van der Waals surface area contributed by atoms with Gasteiger partial charge in [0.2, 0.25) is 0 Å². The normalized spacial score (nSPS) is 15.7. The summed E-state index contributed by atoms with van der Waals surface area (Å²) in [6, 6.07) is 4.34. The minimum Gasteiger partial charge on any atom is -0.460 e. The monoisotopic (exact) mass is 301 g/mol. The van der Waals surface area contributed by atoms with Crippen molar-refractivity contribution >= 4 is 11.7 Å². The minimum atomic E-state index is -3.63. The molecular weight excluding hydrogens is 284 g/mol. The Kier molecular flexibility index (Phi) is 3.93. The fraction of sp³-hybridized carbons (Fsp3) is 0.500. The Labute approximate surface area is 121 Å². The lowest BCUT2D eigenvalue weighted by Gasteiger charge is -2.19. The van der Waals surface area contributed by atoms with Crippen LogP contribution in [0.15, 0.2) is 18.2 Å². The number of nitrogens with one attached hydrogen (secondary N) is 1. The summed E-state index contributed by atoms with van der Waals surface area (Å²) in [6.07, 6.45) is -3.46. The van der Waals surface area contributed by atoms with E-state index in [-0.39, 0.29) is 23.9 Å². The highest BCUT2D eigenvalue weighted by Gasteiger charge is 2.43. The van der Waals surface area contributed by atoms with Gasteiger partial charge < -0.3 is 19.5 Å². The molecule has 116 valence electrons. The first-order chi connectivity index (χ1) is 9.65. The van der Waals surface area contributed by atoms with E-state index in [2.05, 4.69) is 14.8 Å². The van der Waals surface area contributed by atoms with E-state index in [1.807, 2.05) is 0 Å². The molecule has 0 atom stereocenters. The lowest BCUT2D eigenvalue weighted by Crippen LogP contribution is -2.25. The maximum absolute atomic E-state index is 12.9. The van der Waals surface area contributed by atoms with E-state index < -0.39 is 11.9 Å². The van der Waals surface area contributed by atoms with Crippen molar-refractivity contribution in [2.45, 2.75) is 39.1 Å². The third-order valence-corrected chi connectivity index (χ3v) is 2.48. The van der Waals surface area contributed by atoms with E-state index in [9.17, 15) is 13.6 Å². The van der Waals surface area contributed by atoms with Crippen molar-refractivity contribution in [1.82, 2.24) is 0 Å². The van der Waals surface area contributed by atoms with Gasteiger partial charge in [-0.05, 0) is 32.9 Å². The van der Waals surface area contributed by atoms with Crippen LogP contribution in [0.2, 0.25) is 0 Å². The number of ether oxygens (including phenoxy) is 3. The average molecular weight is 301 g/mol. The lowest BCUT2D eigenvalue weighted by atomic mass is 10.2. The first kappa shape index (κ1) is 15.3. The molecule has 0 aromatic heterocycles. The van der Waals surface area contributed by atoms with Gasteiger partial charge in [0.15, 0.2) is 11.5 Å². The predicted octanol–water partition coefficient (Wildman–Crippen LogP) is 3.15. The maximum atomic E-state index is 12.9. The molecular formula is C14H17F2NO4. The summed E-state index contributed by atoms with van der Waals surface area (Å²) in [5.74, 6) is -0.387. The number of halogens is 2. The Balaban J connectivity index is 1.84. The number of fused-ring (bicyclic) bond motifs is 1. The number of carbonyl (C=O) groups excluding carboxylic acids is 1. The van der Waals surface area contributed by atoms with Crippen LogP contribution in [-0.2, 0) is 9.53 Å². The number of alkyl halides is 2. The number of hydrogen-bond donors (Lipinski definition) is 1. The van der Waals surface area contributed by atoms with Crippen molar-refractivity contribution in [2.24, 2.45) is 0 Å². The maximum Gasteiger partial charge on any atom is 0.586 e. The van der Waals surface area contributed by atoms with Crippen LogP contribution >= 0.6 is 0 Å². The van der Waals surface area contributed by atoms with E-state index in [0.717, 1.165) is 0 Å². The van der Waals surface area contributed by atoms with E-state index in [1.54, 1.807) is 26.8 Å². The number of esters is 1. The van der Waals surface area contributed by atoms with Gasteiger partial charge in [0, 0.05) is 18.3 Å². The van der Waals surface area contributed by atoms with Gasteiger partial charge in [0.25, 0.3) is 0 Å². The smallest absolute Gasteiger partial charge is 0.460 e. The molecule has 7 heteroatoms. The highest BCUT2D eigenvalue weighted by atomic mass is 19.3. The van der Waals surface area contributed by atoms with Gasteiger partial charge in [-0.2, -0.15) is 0 Å². The zero-order chi connectivity index (χ0) is 15.7. The molecule has 0 unspecified atom stereocenters. The Hall–Kier alpha value is -2.05. The second kappa shape index (κ2) is 5.38. The molecule has 2 rings (SSSR count). The van der Waals surface area contributed by atoms with Gasteiger partial charge in [-0.25, -0.2) is 0 Å². The SMILES string of the molecule is CC(C)(C)OC(=O)CCNc1ccc2c(c1)OC(F)(F)O2. The van der Waals surface area contributed by atoms with Crippen molar-refractivity contribution in [1.29, 1.82) is 0 Å². The van der Waals surface area contributed by atoms with Crippen molar-refractivity contribution in [3.8, 4) is 11.5 Å². The molecule has 0 spiro atoms. The number of benzene rings is 1. The summed E-state index contributed by atoms with van der Waals surface area (Å²) in [6.45, 7) is 5.69.